The second-order valence-electron chi connectivity index (χ2n) is 8.09. The van der Waals surface area contributed by atoms with Crippen LogP contribution < -0.4 is 4.90 Å². The van der Waals surface area contributed by atoms with Gasteiger partial charge in [-0.15, -0.1) is 5.10 Å². The molecule has 0 bridgehead atoms. The minimum atomic E-state index is 0.0909. The lowest BCUT2D eigenvalue weighted by molar-refractivity contribution is -0.118. The average molecular weight is 403 g/mol. The van der Waals surface area contributed by atoms with Crippen LogP contribution in [0.25, 0.3) is 16.6 Å². The molecule has 2 heterocycles. The summed E-state index contributed by atoms with van der Waals surface area (Å²) in [7, 11) is 0. The maximum absolute atomic E-state index is 13.4. The van der Waals surface area contributed by atoms with Crippen LogP contribution in [-0.4, -0.2) is 37.1 Å². The minimum Gasteiger partial charge on any atom is -0.361 e. The summed E-state index contributed by atoms with van der Waals surface area (Å²) in [4.78, 5) is 18.6. The third kappa shape index (κ3) is 4.25. The van der Waals surface area contributed by atoms with Crippen LogP contribution in [0.5, 0.6) is 0 Å². The largest absolute Gasteiger partial charge is 0.361 e. The topological polar surface area (TPSA) is 79.7 Å². The molecule has 0 saturated heterocycles. The van der Waals surface area contributed by atoms with E-state index in [4.69, 9.17) is 0 Å². The number of carbonyl (C=O) groups is 1. The Labute approximate surface area is 175 Å². The van der Waals surface area contributed by atoms with Gasteiger partial charge in [-0.3, -0.25) is 4.79 Å². The Morgan fingerprint density at radius 1 is 1.10 bits per heavy atom. The summed E-state index contributed by atoms with van der Waals surface area (Å²) in [5.74, 6) is 0.593. The second kappa shape index (κ2) is 8.49. The van der Waals surface area contributed by atoms with Gasteiger partial charge in [-0.05, 0) is 71.7 Å². The van der Waals surface area contributed by atoms with Crippen LogP contribution in [0.3, 0.4) is 0 Å². The third-order valence-electron chi connectivity index (χ3n) is 5.24. The first-order valence-electron chi connectivity index (χ1n) is 10.2. The summed E-state index contributed by atoms with van der Waals surface area (Å²) in [6.45, 7) is 6.50. The van der Waals surface area contributed by atoms with Crippen molar-refractivity contribution in [2.24, 2.45) is 5.92 Å². The number of rotatable bonds is 7. The second-order valence-corrected chi connectivity index (χ2v) is 8.09. The fourth-order valence-electron chi connectivity index (χ4n) is 3.93. The zero-order valence-electron chi connectivity index (χ0n) is 17.5. The van der Waals surface area contributed by atoms with Gasteiger partial charge in [0.15, 0.2) is 0 Å². The van der Waals surface area contributed by atoms with E-state index in [0.29, 0.717) is 12.3 Å². The molecule has 30 heavy (non-hydrogen) atoms. The van der Waals surface area contributed by atoms with Crippen molar-refractivity contribution >= 4 is 22.5 Å². The highest BCUT2D eigenvalue weighted by molar-refractivity contribution is 5.97. The molecule has 0 aliphatic rings. The Kier molecular flexibility index (Phi) is 5.61. The number of benzene rings is 2. The number of carbonyl (C=O) groups excluding carboxylic acids is 1. The van der Waals surface area contributed by atoms with Crippen molar-refractivity contribution in [3.8, 4) is 5.69 Å². The lowest BCUT2D eigenvalue weighted by Gasteiger charge is -2.31. The van der Waals surface area contributed by atoms with E-state index in [-0.39, 0.29) is 11.9 Å². The Hall–Kier alpha value is -3.48. The summed E-state index contributed by atoms with van der Waals surface area (Å²) in [5.41, 5.74) is 3.83. The van der Waals surface area contributed by atoms with E-state index >= 15 is 0 Å². The van der Waals surface area contributed by atoms with E-state index in [1.165, 1.54) is 0 Å². The van der Waals surface area contributed by atoms with Gasteiger partial charge in [0, 0.05) is 28.8 Å². The molecule has 2 aromatic carbocycles. The van der Waals surface area contributed by atoms with Crippen LogP contribution in [-0.2, 0) is 11.2 Å². The number of fused-ring (bicyclic) bond motifs is 1. The van der Waals surface area contributed by atoms with Gasteiger partial charge in [0.05, 0.1) is 12.1 Å². The number of amides is 1. The summed E-state index contributed by atoms with van der Waals surface area (Å²) in [6.07, 6.45) is 4.75. The molecule has 0 fully saturated rings. The number of nitrogens with one attached hydrogen (secondary N) is 1. The SMILES string of the molecule is CC(C)C[C@H](C)N(C(=O)Cc1ccc(-n2cnnn2)cc1)c1ccc2[nH]ccc2c1. The molecule has 0 aliphatic heterocycles. The smallest absolute Gasteiger partial charge is 0.231 e. The molecule has 0 spiro atoms. The minimum absolute atomic E-state index is 0.0909. The lowest BCUT2D eigenvalue weighted by Crippen LogP contribution is -2.40. The van der Waals surface area contributed by atoms with Crippen LogP contribution in [0.4, 0.5) is 5.69 Å². The predicted octanol–water partition coefficient (Wildman–Crippen LogP) is 4.15. The van der Waals surface area contributed by atoms with Crippen molar-refractivity contribution in [1.29, 1.82) is 0 Å². The summed E-state index contributed by atoms with van der Waals surface area (Å²) in [5, 5.41) is 12.3. The van der Waals surface area contributed by atoms with Gasteiger partial charge in [0.25, 0.3) is 0 Å². The van der Waals surface area contributed by atoms with Crippen molar-refractivity contribution in [3.63, 3.8) is 0 Å². The average Bonchev–Trinajstić information content (AvgIpc) is 3.40. The molecule has 4 aromatic rings. The number of aromatic amines is 1. The van der Waals surface area contributed by atoms with Crippen molar-refractivity contribution in [1.82, 2.24) is 25.2 Å². The standard InChI is InChI=1S/C23H26N6O/c1-16(2)12-17(3)29(21-8-9-22-19(14-21)10-11-24-22)23(30)13-18-4-6-20(7-5-18)28-15-25-26-27-28/h4-11,14-17,24H,12-13H2,1-3H3/t17-/m0/s1. The summed E-state index contributed by atoms with van der Waals surface area (Å²) >= 11 is 0. The fourth-order valence-corrected chi connectivity index (χ4v) is 3.93. The number of hydrogen-bond donors (Lipinski definition) is 1. The van der Waals surface area contributed by atoms with Gasteiger partial charge >= 0.3 is 0 Å². The molecule has 7 heteroatoms. The lowest BCUT2D eigenvalue weighted by atomic mass is 10.0. The monoisotopic (exact) mass is 402 g/mol. The van der Waals surface area contributed by atoms with Crippen molar-refractivity contribution in [2.75, 3.05) is 4.90 Å². The number of H-pyrrole nitrogens is 1. The van der Waals surface area contributed by atoms with E-state index in [0.717, 1.165) is 34.3 Å². The molecular formula is C23H26N6O. The van der Waals surface area contributed by atoms with E-state index in [1.807, 2.05) is 53.6 Å². The highest BCUT2D eigenvalue weighted by atomic mass is 16.2. The maximum atomic E-state index is 13.4. The Bertz CT molecular complexity index is 1110. The van der Waals surface area contributed by atoms with Crippen LogP contribution in [0.1, 0.15) is 32.8 Å². The zero-order chi connectivity index (χ0) is 21.1. The van der Waals surface area contributed by atoms with Crippen molar-refractivity contribution in [3.05, 3.63) is 66.6 Å². The van der Waals surface area contributed by atoms with Gasteiger partial charge in [-0.2, -0.15) is 0 Å². The number of hydrogen-bond acceptors (Lipinski definition) is 4. The Morgan fingerprint density at radius 2 is 1.90 bits per heavy atom. The first-order chi connectivity index (χ1) is 14.5. The predicted molar refractivity (Wildman–Crippen MR) is 118 cm³/mol. The number of aromatic nitrogens is 5. The van der Waals surface area contributed by atoms with Gasteiger partial charge in [0.2, 0.25) is 5.91 Å². The zero-order valence-corrected chi connectivity index (χ0v) is 17.5. The Morgan fingerprint density at radius 3 is 2.60 bits per heavy atom. The highest BCUT2D eigenvalue weighted by Crippen LogP contribution is 2.26. The molecule has 154 valence electrons. The fraction of sp³-hybridized carbons (Fsp3) is 0.304. The molecule has 4 rings (SSSR count). The van der Waals surface area contributed by atoms with Crippen molar-refractivity contribution in [2.45, 2.75) is 39.7 Å². The first kappa shape index (κ1) is 19.8. The highest BCUT2D eigenvalue weighted by Gasteiger charge is 2.23. The van der Waals surface area contributed by atoms with Gasteiger partial charge < -0.3 is 9.88 Å². The molecule has 0 aliphatic carbocycles. The Balaban J connectivity index is 1.58. The van der Waals surface area contributed by atoms with E-state index in [1.54, 1.807) is 11.0 Å². The molecule has 0 saturated carbocycles. The third-order valence-corrected chi connectivity index (χ3v) is 5.24. The molecule has 7 nitrogen and oxygen atoms in total. The molecule has 0 unspecified atom stereocenters. The van der Waals surface area contributed by atoms with Crippen molar-refractivity contribution < 1.29 is 4.79 Å². The van der Waals surface area contributed by atoms with Gasteiger partial charge in [0.1, 0.15) is 6.33 Å². The van der Waals surface area contributed by atoms with Crippen LogP contribution in [0.15, 0.2) is 61.1 Å². The number of tetrazole rings is 1. The number of nitrogens with zero attached hydrogens (tertiary/aromatic N) is 5. The quantitative estimate of drug-likeness (QED) is 0.503. The molecular weight excluding hydrogens is 376 g/mol. The van der Waals surface area contributed by atoms with Crippen LogP contribution >= 0.6 is 0 Å². The van der Waals surface area contributed by atoms with Gasteiger partial charge in [-0.1, -0.05) is 26.0 Å². The molecule has 0 radical (unpaired) electrons. The molecule has 1 atom stereocenters. The number of anilines is 1. The first-order valence-corrected chi connectivity index (χ1v) is 10.2. The van der Waals surface area contributed by atoms with E-state index < -0.39 is 0 Å². The summed E-state index contributed by atoms with van der Waals surface area (Å²) in [6, 6.07) is 16.0. The van der Waals surface area contributed by atoms with Crippen LogP contribution in [0, 0.1) is 5.92 Å². The molecule has 1 amide bonds. The van der Waals surface area contributed by atoms with E-state index in [2.05, 4.69) is 47.3 Å². The van der Waals surface area contributed by atoms with E-state index in [9.17, 15) is 4.79 Å². The molecule has 1 N–H and O–H groups in total. The van der Waals surface area contributed by atoms with Crippen LogP contribution in [0.2, 0.25) is 0 Å². The normalized spacial score (nSPS) is 12.4. The van der Waals surface area contributed by atoms with Gasteiger partial charge in [-0.25, -0.2) is 4.68 Å². The molecule has 2 aromatic heterocycles. The maximum Gasteiger partial charge on any atom is 0.231 e. The summed E-state index contributed by atoms with van der Waals surface area (Å²) < 4.78 is 1.59.